The van der Waals surface area contributed by atoms with Gasteiger partial charge in [0.25, 0.3) is 0 Å². The van der Waals surface area contributed by atoms with Crippen LogP contribution in [-0.2, 0) is 6.42 Å². The van der Waals surface area contributed by atoms with Gasteiger partial charge in [-0.2, -0.15) is 0 Å². The molecule has 0 fully saturated rings. The first-order valence-electron chi connectivity index (χ1n) is 15.1. The molecule has 0 amide bonds. The number of benzene rings is 1. The van der Waals surface area contributed by atoms with Gasteiger partial charge in [-0.15, -0.1) is 0 Å². The standard InChI is InChI=1S/C32H58O/c1-2-3-4-5-6-7-8-9-10-11-12-13-14-15-16-17-18-19-20-21-22-23-24-25-26-31-27-29-32(33)30-28-31/h27-30,33H,2-26H2,1H3. The van der Waals surface area contributed by atoms with Gasteiger partial charge in [0, 0.05) is 0 Å². The van der Waals surface area contributed by atoms with Gasteiger partial charge in [0.2, 0.25) is 0 Å². The van der Waals surface area contributed by atoms with E-state index in [4.69, 9.17) is 0 Å². The first kappa shape index (κ1) is 30.1. The molecule has 192 valence electrons. The number of unbranched alkanes of at least 4 members (excludes halogenated alkanes) is 23. The zero-order valence-corrected chi connectivity index (χ0v) is 22.4. The van der Waals surface area contributed by atoms with Crippen molar-refractivity contribution in [3.63, 3.8) is 0 Å². The molecule has 0 aliphatic rings. The zero-order chi connectivity index (χ0) is 23.7. The van der Waals surface area contributed by atoms with Crippen LogP contribution in [0.5, 0.6) is 5.75 Å². The third-order valence-electron chi connectivity index (χ3n) is 7.26. The average molecular weight is 459 g/mol. The molecule has 0 spiro atoms. The second-order valence-corrected chi connectivity index (χ2v) is 10.5. The van der Waals surface area contributed by atoms with Crippen LogP contribution in [0.3, 0.4) is 0 Å². The zero-order valence-electron chi connectivity index (χ0n) is 22.4. The largest absolute Gasteiger partial charge is 0.508 e. The third-order valence-corrected chi connectivity index (χ3v) is 7.26. The van der Waals surface area contributed by atoms with Crippen LogP contribution in [0.4, 0.5) is 0 Å². The van der Waals surface area contributed by atoms with Crippen LogP contribution in [0.25, 0.3) is 0 Å². The van der Waals surface area contributed by atoms with Crippen molar-refractivity contribution in [3.8, 4) is 5.75 Å². The Morgan fingerprint density at radius 2 is 0.667 bits per heavy atom. The maximum absolute atomic E-state index is 9.32. The van der Waals surface area contributed by atoms with E-state index < -0.39 is 0 Å². The van der Waals surface area contributed by atoms with E-state index in [9.17, 15) is 5.11 Å². The highest BCUT2D eigenvalue weighted by Crippen LogP contribution is 2.16. The summed E-state index contributed by atoms with van der Waals surface area (Å²) in [6.07, 6.45) is 35.8. The van der Waals surface area contributed by atoms with Crippen molar-refractivity contribution in [3.05, 3.63) is 29.8 Å². The Labute approximate surface area is 208 Å². The number of hydrogen-bond acceptors (Lipinski definition) is 1. The van der Waals surface area contributed by atoms with E-state index in [-0.39, 0.29) is 0 Å². The molecule has 0 aliphatic carbocycles. The molecule has 0 radical (unpaired) electrons. The van der Waals surface area contributed by atoms with Crippen molar-refractivity contribution in [2.45, 2.75) is 167 Å². The Morgan fingerprint density at radius 3 is 0.970 bits per heavy atom. The average Bonchev–Trinajstić information content (AvgIpc) is 2.83. The summed E-state index contributed by atoms with van der Waals surface area (Å²) in [6, 6.07) is 7.70. The van der Waals surface area contributed by atoms with Crippen LogP contribution in [0.2, 0.25) is 0 Å². The van der Waals surface area contributed by atoms with Crippen molar-refractivity contribution in [2.75, 3.05) is 0 Å². The van der Waals surface area contributed by atoms with E-state index in [1.54, 1.807) is 12.1 Å². The van der Waals surface area contributed by atoms with Gasteiger partial charge in [-0.05, 0) is 30.5 Å². The van der Waals surface area contributed by atoms with Gasteiger partial charge in [0.15, 0.2) is 0 Å². The van der Waals surface area contributed by atoms with Crippen LogP contribution < -0.4 is 0 Å². The smallest absolute Gasteiger partial charge is 0.115 e. The quantitative estimate of drug-likeness (QED) is 0.144. The van der Waals surface area contributed by atoms with E-state index in [1.165, 1.54) is 160 Å². The van der Waals surface area contributed by atoms with Crippen LogP contribution in [-0.4, -0.2) is 5.11 Å². The molecule has 1 aromatic rings. The lowest BCUT2D eigenvalue weighted by Crippen LogP contribution is -1.86. The number of phenolic OH excluding ortho intramolecular Hbond substituents is 1. The first-order chi connectivity index (χ1) is 16.3. The molecule has 0 unspecified atom stereocenters. The van der Waals surface area contributed by atoms with Crippen molar-refractivity contribution in [2.24, 2.45) is 0 Å². The number of aryl methyl sites for hydroxylation is 1. The van der Waals surface area contributed by atoms with Crippen molar-refractivity contribution >= 4 is 0 Å². The second kappa shape index (κ2) is 24.2. The number of aromatic hydroxyl groups is 1. The van der Waals surface area contributed by atoms with E-state index in [0.717, 1.165) is 6.42 Å². The molecule has 1 nitrogen and oxygen atoms in total. The highest BCUT2D eigenvalue weighted by molar-refractivity contribution is 5.25. The Morgan fingerprint density at radius 1 is 0.394 bits per heavy atom. The molecule has 1 heteroatoms. The van der Waals surface area contributed by atoms with Crippen LogP contribution in [0.15, 0.2) is 24.3 Å². The lowest BCUT2D eigenvalue weighted by Gasteiger charge is -2.04. The topological polar surface area (TPSA) is 20.2 Å². The molecule has 1 N–H and O–H groups in total. The van der Waals surface area contributed by atoms with Crippen molar-refractivity contribution in [1.29, 1.82) is 0 Å². The summed E-state index contributed by atoms with van der Waals surface area (Å²) in [6.45, 7) is 2.30. The van der Waals surface area contributed by atoms with Gasteiger partial charge < -0.3 is 5.11 Å². The first-order valence-corrected chi connectivity index (χ1v) is 15.1. The van der Waals surface area contributed by atoms with Crippen LogP contribution >= 0.6 is 0 Å². The molecule has 0 saturated heterocycles. The summed E-state index contributed by atoms with van der Waals surface area (Å²) >= 11 is 0. The predicted molar refractivity (Wildman–Crippen MR) is 148 cm³/mol. The molecule has 0 heterocycles. The summed E-state index contributed by atoms with van der Waals surface area (Å²) in [5, 5.41) is 9.32. The van der Waals surface area contributed by atoms with Gasteiger partial charge in [-0.1, -0.05) is 167 Å². The van der Waals surface area contributed by atoms with E-state index in [1.807, 2.05) is 12.1 Å². The van der Waals surface area contributed by atoms with Gasteiger partial charge in [-0.3, -0.25) is 0 Å². The van der Waals surface area contributed by atoms with Gasteiger partial charge in [-0.25, -0.2) is 0 Å². The molecule has 0 bridgehead atoms. The summed E-state index contributed by atoms with van der Waals surface area (Å²) in [5.74, 6) is 0.373. The van der Waals surface area contributed by atoms with Crippen LogP contribution in [0.1, 0.15) is 167 Å². The van der Waals surface area contributed by atoms with Crippen molar-refractivity contribution in [1.82, 2.24) is 0 Å². The number of rotatable bonds is 25. The van der Waals surface area contributed by atoms with E-state index in [2.05, 4.69) is 6.92 Å². The Bertz CT molecular complexity index is 492. The Kier molecular flexibility index (Phi) is 22.0. The maximum atomic E-state index is 9.32. The predicted octanol–water partition coefficient (Wildman–Crippen LogP) is 11.3. The fraction of sp³-hybridized carbons (Fsp3) is 0.812. The van der Waals surface area contributed by atoms with Gasteiger partial charge >= 0.3 is 0 Å². The maximum Gasteiger partial charge on any atom is 0.115 e. The minimum Gasteiger partial charge on any atom is -0.508 e. The van der Waals surface area contributed by atoms with Crippen molar-refractivity contribution < 1.29 is 5.11 Å². The summed E-state index contributed by atoms with van der Waals surface area (Å²) in [5.41, 5.74) is 1.35. The highest BCUT2D eigenvalue weighted by atomic mass is 16.3. The molecule has 0 atom stereocenters. The van der Waals surface area contributed by atoms with E-state index in [0.29, 0.717) is 5.75 Å². The summed E-state index contributed by atoms with van der Waals surface area (Å²) < 4.78 is 0. The SMILES string of the molecule is CCCCCCCCCCCCCCCCCCCCCCCCCCc1ccc(O)cc1. The second-order valence-electron chi connectivity index (χ2n) is 10.5. The molecule has 0 aliphatic heterocycles. The lowest BCUT2D eigenvalue weighted by atomic mass is 10.0. The molecule has 0 saturated carbocycles. The fourth-order valence-corrected chi connectivity index (χ4v) is 4.95. The molecular weight excluding hydrogens is 400 g/mol. The fourth-order valence-electron chi connectivity index (χ4n) is 4.95. The van der Waals surface area contributed by atoms with Gasteiger partial charge in [0.1, 0.15) is 5.75 Å². The highest BCUT2D eigenvalue weighted by Gasteiger charge is 1.97. The summed E-state index contributed by atoms with van der Waals surface area (Å²) in [4.78, 5) is 0. The monoisotopic (exact) mass is 458 g/mol. The molecule has 1 aromatic carbocycles. The Balaban J connectivity index is 1.66. The molecular formula is C32H58O. The van der Waals surface area contributed by atoms with Gasteiger partial charge in [0.05, 0.1) is 0 Å². The van der Waals surface area contributed by atoms with E-state index >= 15 is 0 Å². The molecule has 0 aromatic heterocycles. The Hall–Kier alpha value is -0.980. The number of phenols is 1. The molecule has 33 heavy (non-hydrogen) atoms. The third kappa shape index (κ3) is 21.3. The normalized spacial score (nSPS) is 11.3. The van der Waals surface area contributed by atoms with Crippen LogP contribution in [0, 0.1) is 0 Å². The minimum atomic E-state index is 0.373. The lowest BCUT2D eigenvalue weighted by molar-refractivity contribution is 0.475. The number of hydrogen-bond donors (Lipinski definition) is 1. The minimum absolute atomic E-state index is 0.373. The molecule has 1 rings (SSSR count). The summed E-state index contributed by atoms with van der Waals surface area (Å²) in [7, 11) is 0.